The first kappa shape index (κ1) is 20.2. The van der Waals surface area contributed by atoms with Crippen LogP contribution in [-0.2, 0) is 21.2 Å². The van der Waals surface area contributed by atoms with Crippen molar-refractivity contribution in [3.05, 3.63) is 60.3 Å². The zero-order valence-corrected chi connectivity index (χ0v) is 17.9. The molecule has 0 radical (unpaired) electrons. The van der Waals surface area contributed by atoms with E-state index in [1.54, 1.807) is 18.2 Å². The molecule has 8 heteroatoms. The summed E-state index contributed by atoms with van der Waals surface area (Å²) in [5.41, 5.74) is 2.85. The zero-order chi connectivity index (χ0) is 21.5. The summed E-state index contributed by atoms with van der Waals surface area (Å²) in [6.07, 6.45) is 3.25. The number of aromatic nitrogens is 2. The van der Waals surface area contributed by atoms with Crippen molar-refractivity contribution in [1.29, 1.82) is 0 Å². The van der Waals surface area contributed by atoms with E-state index in [0.29, 0.717) is 11.4 Å². The quantitative estimate of drug-likeness (QED) is 0.686. The lowest BCUT2D eigenvalue weighted by atomic mass is 9.93. The molecule has 30 heavy (non-hydrogen) atoms. The molecule has 1 aliphatic heterocycles. The van der Waals surface area contributed by atoms with Crippen molar-refractivity contribution in [1.82, 2.24) is 9.19 Å². The van der Waals surface area contributed by atoms with E-state index in [0.717, 1.165) is 33.8 Å². The summed E-state index contributed by atoms with van der Waals surface area (Å²) in [7, 11) is -3.84. The maximum absolute atomic E-state index is 12.9. The van der Waals surface area contributed by atoms with E-state index >= 15 is 0 Å². The average molecular weight is 426 g/mol. The number of nitrogens with one attached hydrogen (secondary N) is 1. The van der Waals surface area contributed by atoms with E-state index in [1.165, 1.54) is 25.3 Å². The van der Waals surface area contributed by atoms with E-state index in [4.69, 9.17) is 4.74 Å². The van der Waals surface area contributed by atoms with E-state index in [1.807, 2.05) is 18.2 Å². The number of hydrogen-bond acceptors (Lipinski definition) is 5. The Morgan fingerprint density at radius 3 is 2.57 bits per heavy atom. The maximum atomic E-state index is 12.9. The van der Waals surface area contributed by atoms with Crippen LogP contribution in [0.1, 0.15) is 32.8 Å². The normalized spacial score (nSPS) is 15.2. The Bertz CT molecular complexity index is 1210. The number of amides is 1. The topological polar surface area (TPSA) is 90.3 Å². The van der Waals surface area contributed by atoms with Crippen LogP contribution in [0.2, 0.25) is 0 Å². The number of anilines is 1. The van der Waals surface area contributed by atoms with Crippen LogP contribution in [0.3, 0.4) is 0 Å². The molecular weight excluding hydrogens is 402 g/mol. The third-order valence-electron chi connectivity index (χ3n) is 5.02. The SMILES string of the molecule is CC(=O)Nc1ccc(S(=O)(=O)n2ccc(-c3ccc4c(c3)CCC(C)(C)O4)n2)cc1. The fourth-order valence-electron chi connectivity index (χ4n) is 3.43. The Morgan fingerprint density at radius 1 is 1.13 bits per heavy atom. The van der Waals surface area contributed by atoms with E-state index < -0.39 is 10.0 Å². The second-order valence-corrected chi connectivity index (χ2v) is 9.76. The highest BCUT2D eigenvalue weighted by molar-refractivity contribution is 7.89. The predicted molar refractivity (Wildman–Crippen MR) is 114 cm³/mol. The van der Waals surface area contributed by atoms with Gasteiger partial charge in [0, 0.05) is 24.4 Å². The minimum atomic E-state index is -3.84. The number of fused-ring (bicyclic) bond motifs is 1. The molecule has 2 aromatic carbocycles. The van der Waals surface area contributed by atoms with E-state index in [2.05, 4.69) is 24.3 Å². The monoisotopic (exact) mass is 425 g/mol. The molecule has 0 spiro atoms. The van der Waals surface area contributed by atoms with Gasteiger partial charge in [0.15, 0.2) is 0 Å². The number of benzene rings is 2. The number of rotatable bonds is 4. The average Bonchev–Trinajstić information content (AvgIpc) is 3.18. The summed E-state index contributed by atoms with van der Waals surface area (Å²) in [5.74, 6) is 0.641. The molecule has 0 saturated carbocycles. The van der Waals surface area contributed by atoms with Crippen molar-refractivity contribution in [2.45, 2.75) is 44.1 Å². The highest BCUT2D eigenvalue weighted by Gasteiger charge is 2.27. The molecule has 1 aromatic heterocycles. The van der Waals surface area contributed by atoms with Crippen LogP contribution < -0.4 is 10.1 Å². The van der Waals surface area contributed by atoms with E-state index in [-0.39, 0.29) is 16.4 Å². The Hall–Kier alpha value is -3.13. The summed E-state index contributed by atoms with van der Waals surface area (Å²) in [6.45, 7) is 5.53. The van der Waals surface area contributed by atoms with Gasteiger partial charge in [0.25, 0.3) is 10.0 Å². The number of ether oxygens (including phenoxy) is 1. The van der Waals surface area contributed by atoms with Crippen molar-refractivity contribution >= 4 is 21.6 Å². The van der Waals surface area contributed by atoms with Crippen LogP contribution in [-0.4, -0.2) is 29.1 Å². The van der Waals surface area contributed by atoms with Gasteiger partial charge in [-0.25, -0.2) is 0 Å². The lowest BCUT2D eigenvalue weighted by molar-refractivity contribution is -0.114. The molecule has 3 aromatic rings. The summed E-state index contributed by atoms with van der Waals surface area (Å²) >= 11 is 0. The summed E-state index contributed by atoms with van der Waals surface area (Å²) < 4.78 is 32.8. The molecule has 2 heterocycles. The van der Waals surface area contributed by atoms with Crippen molar-refractivity contribution < 1.29 is 17.9 Å². The molecule has 0 fully saturated rings. The lowest BCUT2D eigenvalue weighted by Gasteiger charge is -2.32. The van der Waals surface area contributed by atoms with Gasteiger partial charge < -0.3 is 10.1 Å². The van der Waals surface area contributed by atoms with Gasteiger partial charge in [0.2, 0.25) is 5.91 Å². The molecular formula is C22H23N3O4S. The van der Waals surface area contributed by atoms with Crippen LogP contribution in [0.15, 0.2) is 59.6 Å². The number of hydrogen-bond donors (Lipinski definition) is 1. The highest BCUT2D eigenvalue weighted by Crippen LogP contribution is 2.35. The zero-order valence-electron chi connectivity index (χ0n) is 17.0. The van der Waals surface area contributed by atoms with Crippen molar-refractivity contribution in [3.8, 4) is 17.0 Å². The van der Waals surface area contributed by atoms with Gasteiger partial charge in [-0.05, 0) is 80.8 Å². The Labute approximate surface area is 175 Å². The molecule has 4 rings (SSSR count). The Morgan fingerprint density at radius 2 is 1.87 bits per heavy atom. The molecule has 1 aliphatic rings. The summed E-state index contributed by atoms with van der Waals surface area (Å²) in [4.78, 5) is 11.2. The first-order valence-electron chi connectivity index (χ1n) is 9.65. The first-order valence-corrected chi connectivity index (χ1v) is 11.1. The van der Waals surface area contributed by atoms with Crippen LogP contribution in [0.5, 0.6) is 5.75 Å². The van der Waals surface area contributed by atoms with Gasteiger partial charge in [-0.2, -0.15) is 17.6 Å². The van der Waals surface area contributed by atoms with Gasteiger partial charge in [-0.3, -0.25) is 4.79 Å². The molecule has 0 unspecified atom stereocenters. The highest BCUT2D eigenvalue weighted by atomic mass is 32.2. The molecule has 7 nitrogen and oxygen atoms in total. The fourth-order valence-corrected chi connectivity index (χ4v) is 4.55. The van der Waals surface area contributed by atoms with Crippen LogP contribution in [0.25, 0.3) is 11.3 Å². The number of carbonyl (C=O) groups is 1. The molecule has 0 bridgehead atoms. The molecule has 0 atom stereocenters. The van der Waals surface area contributed by atoms with Crippen LogP contribution in [0, 0.1) is 0 Å². The van der Waals surface area contributed by atoms with Gasteiger partial charge in [-0.15, -0.1) is 0 Å². The van der Waals surface area contributed by atoms with Gasteiger partial charge in [0.1, 0.15) is 11.4 Å². The molecule has 1 amide bonds. The first-order chi connectivity index (χ1) is 14.1. The van der Waals surface area contributed by atoms with Crippen LogP contribution in [0.4, 0.5) is 5.69 Å². The second kappa shape index (κ2) is 7.28. The van der Waals surface area contributed by atoms with Gasteiger partial charge >= 0.3 is 0 Å². The van der Waals surface area contributed by atoms with Crippen molar-refractivity contribution in [2.24, 2.45) is 0 Å². The third kappa shape index (κ3) is 3.95. The summed E-state index contributed by atoms with van der Waals surface area (Å²) in [5, 5.41) is 6.91. The maximum Gasteiger partial charge on any atom is 0.282 e. The van der Waals surface area contributed by atoms with Crippen LogP contribution >= 0.6 is 0 Å². The molecule has 0 aliphatic carbocycles. The van der Waals surface area contributed by atoms with Crippen molar-refractivity contribution in [2.75, 3.05) is 5.32 Å². The lowest BCUT2D eigenvalue weighted by Crippen LogP contribution is -2.32. The number of carbonyl (C=O) groups excluding carboxylic acids is 1. The number of nitrogens with zero attached hydrogens (tertiary/aromatic N) is 2. The minimum Gasteiger partial charge on any atom is -0.488 e. The molecule has 156 valence electrons. The standard InChI is InChI=1S/C22H23N3O4S/c1-15(26)23-18-5-7-19(8-6-18)30(27,28)25-13-11-20(24-25)16-4-9-21-17(14-16)10-12-22(2,3)29-21/h4-9,11,13-14H,10,12H2,1-3H3,(H,23,26). The number of aryl methyl sites for hydroxylation is 1. The molecule has 1 N–H and O–H groups in total. The van der Waals surface area contributed by atoms with Crippen molar-refractivity contribution in [3.63, 3.8) is 0 Å². The Balaban J connectivity index is 1.60. The fraction of sp³-hybridized carbons (Fsp3) is 0.273. The summed E-state index contributed by atoms with van der Waals surface area (Å²) in [6, 6.07) is 13.5. The predicted octanol–water partition coefficient (Wildman–Crippen LogP) is 3.85. The third-order valence-corrected chi connectivity index (χ3v) is 6.59. The smallest absolute Gasteiger partial charge is 0.282 e. The van der Waals surface area contributed by atoms with Gasteiger partial charge in [0.05, 0.1) is 10.6 Å². The molecule has 0 saturated heterocycles. The Kier molecular flexibility index (Phi) is 4.89. The minimum absolute atomic E-state index is 0.0901. The van der Waals surface area contributed by atoms with E-state index in [9.17, 15) is 13.2 Å². The van der Waals surface area contributed by atoms with Gasteiger partial charge in [-0.1, -0.05) is 0 Å². The second-order valence-electron chi connectivity index (χ2n) is 7.97. The largest absolute Gasteiger partial charge is 0.488 e.